The van der Waals surface area contributed by atoms with Crippen molar-refractivity contribution in [3.8, 4) is 10.6 Å². The third-order valence-electron chi connectivity index (χ3n) is 6.15. The number of carboxylic acids is 1. The molecule has 1 aliphatic rings. The maximum atomic E-state index is 11.6. The maximum Gasteiger partial charge on any atom is 0.304 e. The van der Waals surface area contributed by atoms with E-state index in [1.54, 1.807) is 6.20 Å². The van der Waals surface area contributed by atoms with E-state index in [1.165, 1.54) is 16.9 Å². The van der Waals surface area contributed by atoms with Gasteiger partial charge in [0.2, 0.25) is 5.89 Å². The van der Waals surface area contributed by atoms with Gasteiger partial charge in [0.15, 0.2) is 5.82 Å². The fraction of sp³-hybridized carbons (Fsp3) is 0.346. The number of nitrogens with zero attached hydrogens (tertiary/aromatic N) is 4. The Morgan fingerprint density at radius 3 is 2.81 bits per heavy atom. The molecule has 194 valence electrons. The standard InChI is InChI=1S/C26H26ClN5O3S.ClH/c27-19-9-6-17(7-10-19)26-29-15-21(36-26)18(14-24(33)34)13-23-31-22(32-35-23)5-1-4-20-11-8-16-3-2-12-28-25(16)30-20;/h6-11,15,18H,1-5,12-14H2,(H,28,30)(H,33,34);1H. The minimum Gasteiger partial charge on any atom is -0.481 e. The predicted octanol–water partition coefficient (Wildman–Crippen LogP) is 6.00. The van der Waals surface area contributed by atoms with Crippen LogP contribution in [0.2, 0.25) is 5.02 Å². The molecule has 0 fully saturated rings. The molecular weight excluding hydrogens is 533 g/mol. The Hall–Kier alpha value is -3.01. The quantitative estimate of drug-likeness (QED) is 0.243. The van der Waals surface area contributed by atoms with Crippen molar-refractivity contribution in [1.29, 1.82) is 0 Å². The number of halogens is 2. The average Bonchev–Trinajstić information content (AvgIpc) is 3.54. The Balaban J connectivity index is 0.00000320. The molecule has 2 N–H and O–H groups in total. The molecule has 11 heteroatoms. The first-order valence-electron chi connectivity index (χ1n) is 12.0. The summed E-state index contributed by atoms with van der Waals surface area (Å²) in [5, 5.41) is 18.4. The van der Waals surface area contributed by atoms with Crippen molar-refractivity contribution in [2.75, 3.05) is 11.9 Å². The Labute approximate surface area is 229 Å². The minimum atomic E-state index is -0.881. The van der Waals surface area contributed by atoms with Crippen LogP contribution >= 0.6 is 35.3 Å². The van der Waals surface area contributed by atoms with Crippen LogP contribution in [-0.2, 0) is 30.5 Å². The van der Waals surface area contributed by atoms with Crippen molar-refractivity contribution in [2.45, 2.75) is 50.9 Å². The van der Waals surface area contributed by atoms with Crippen LogP contribution in [0.15, 0.2) is 47.1 Å². The van der Waals surface area contributed by atoms with E-state index in [9.17, 15) is 9.90 Å². The van der Waals surface area contributed by atoms with Gasteiger partial charge in [-0.2, -0.15) is 4.98 Å². The minimum absolute atomic E-state index is 0. The van der Waals surface area contributed by atoms with Crippen molar-refractivity contribution in [2.24, 2.45) is 0 Å². The zero-order chi connectivity index (χ0) is 24.9. The topological polar surface area (TPSA) is 114 Å². The van der Waals surface area contributed by atoms with Crippen LogP contribution in [0.3, 0.4) is 0 Å². The highest BCUT2D eigenvalue weighted by Gasteiger charge is 2.22. The number of anilines is 1. The average molecular weight is 561 g/mol. The van der Waals surface area contributed by atoms with Gasteiger partial charge in [0.1, 0.15) is 10.8 Å². The predicted molar refractivity (Wildman–Crippen MR) is 146 cm³/mol. The Bertz CT molecular complexity index is 1340. The van der Waals surface area contributed by atoms with Gasteiger partial charge in [-0.1, -0.05) is 35.0 Å². The van der Waals surface area contributed by atoms with E-state index in [0.29, 0.717) is 29.6 Å². The molecule has 3 aromatic heterocycles. The Kier molecular flexibility index (Phi) is 9.13. The molecule has 1 aliphatic heterocycles. The van der Waals surface area contributed by atoms with Crippen molar-refractivity contribution >= 4 is 47.1 Å². The summed E-state index contributed by atoms with van der Waals surface area (Å²) >= 11 is 7.45. The van der Waals surface area contributed by atoms with E-state index in [4.69, 9.17) is 21.1 Å². The van der Waals surface area contributed by atoms with Gasteiger partial charge in [0.05, 0.1) is 6.42 Å². The third kappa shape index (κ3) is 7.06. The summed E-state index contributed by atoms with van der Waals surface area (Å²) < 4.78 is 5.47. The normalized spacial score (nSPS) is 13.3. The lowest BCUT2D eigenvalue weighted by atomic mass is 10.0. The highest BCUT2D eigenvalue weighted by molar-refractivity contribution is 7.15. The molecule has 0 amide bonds. The monoisotopic (exact) mass is 559 g/mol. The molecule has 0 radical (unpaired) electrons. The first kappa shape index (κ1) is 27.0. The van der Waals surface area contributed by atoms with E-state index in [1.807, 2.05) is 24.3 Å². The molecular formula is C26H27Cl2N5O3S. The van der Waals surface area contributed by atoms with E-state index in [0.717, 1.165) is 59.2 Å². The number of carbonyl (C=O) groups is 1. The van der Waals surface area contributed by atoms with Gasteiger partial charge in [0.25, 0.3) is 0 Å². The highest BCUT2D eigenvalue weighted by atomic mass is 35.5. The Morgan fingerprint density at radius 1 is 1.16 bits per heavy atom. The number of benzene rings is 1. The van der Waals surface area contributed by atoms with E-state index >= 15 is 0 Å². The first-order chi connectivity index (χ1) is 17.5. The first-order valence-corrected chi connectivity index (χ1v) is 13.2. The smallest absolute Gasteiger partial charge is 0.304 e. The van der Waals surface area contributed by atoms with Gasteiger partial charge in [-0.15, -0.1) is 23.7 Å². The number of hydrogen-bond acceptors (Lipinski definition) is 8. The van der Waals surface area contributed by atoms with Crippen LogP contribution in [0.1, 0.15) is 53.0 Å². The van der Waals surface area contributed by atoms with Crippen LogP contribution < -0.4 is 5.32 Å². The molecule has 4 heterocycles. The van der Waals surface area contributed by atoms with Crippen molar-refractivity contribution < 1.29 is 14.4 Å². The highest BCUT2D eigenvalue weighted by Crippen LogP contribution is 2.33. The number of fused-ring (bicyclic) bond motifs is 1. The lowest BCUT2D eigenvalue weighted by Crippen LogP contribution is -2.14. The SMILES string of the molecule is Cl.O=C(O)CC(Cc1nc(CCCc2ccc3c(n2)NCCC3)no1)c1cnc(-c2ccc(Cl)cc2)s1. The van der Waals surface area contributed by atoms with Gasteiger partial charge in [-0.25, -0.2) is 9.97 Å². The van der Waals surface area contributed by atoms with Gasteiger partial charge < -0.3 is 14.9 Å². The fourth-order valence-electron chi connectivity index (χ4n) is 4.31. The zero-order valence-corrected chi connectivity index (χ0v) is 22.4. The summed E-state index contributed by atoms with van der Waals surface area (Å²) in [6, 6.07) is 11.7. The summed E-state index contributed by atoms with van der Waals surface area (Å²) in [5.74, 6) is 0.886. The molecule has 0 bridgehead atoms. The molecule has 0 spiro atoms. The van der Waals surface area contributed by atoms with Crippen LogP contribution in [0, 0.1) is 0 Å². The summed E-state index contributed by atoms with van der Waals surface area (Å²) in [5.41, 5.74) is 3.27. The largest absolute Gasteiger partial charge is 0.481 e. The van der Waals surface area contributed by atoms with Crippen LogP contribution in [0.25, 0.3) is 10.6 Å². The van der Waals surface area contributed by atoms with Gasteiger partial charge in [0, 0.05) is 52.7 Å². The second-order valence-electron chi connectivity index (χ2n) is 8.87. The molecule has 0 saturated carbocycles. The number of pyridine rings is 1. The van der Waals surface area contributed by atoms with Crippen molar-refractivity contribution in [1.82, 2.24) is 20.1 Å². The number of rotatable bonds is 10. The molecule has 4 aromatic rings. The molecule has 5 rings (SSSR count). The van der Waals surface area contributed by atoms with E-state index in [-0.39, 0.29) is 24.7 Å². The lowest BCUT2D eigenvalue weighted by Gasteiger charge is -2.17. The van der Waals surface area contributed by atoms with Crippen molar-refractivity contribution in [3.05, 3.63) is 75.5 Å². The zero-order valence-electron chi connectivity index (χ0n) is 20.0. The second-order valence-corrected chi connectivity index (χ2v) is 10.4. The summed E-state index contributed by atoms with van der Waals surface area (Å²) in [4.78, 5) is 26.2. The Morgan fingerprint density at radius 2 is 2.00 bits per heavy atom. The number of hydrogen-bond donors (Lipinski definition) is 2. The molecule has 0 aliphatic carbocycles. The maximum absolute atomic E-state index is 11.6. The van der Waals surface area contributed by atoms with E-state index < -0.39 is 5.97 Å². The molecule has 8 nitrogen and oxygen atoms in total. The molecule has 1 aromatic carbocycles. The summed E-state index contributed by atoms with van der Waals surface area (Å²) in [6.07, 6.45) is 6.61. The van der Waals surface area contributed by atoms with Gasteiger partial charge in [-0.05, 0) is 49.4 Å². The number of aryl methyl sites for hydroxylation is 3. The van der Waals surface area contributed by atoms with Gasteiger partial charge in [-0.3, -0.25) is 4.79 Å². The third-order valence-corrected chi connectivity index (χ3v) is 7.62. The van der Waals surface area contributed by atoms with Crippen LogP contribution in [0.4, 0.5) is 5.82 Å². The molecule has 0 saturated heterocycles. The van der Waals surface area contributed by atoms with Crippen molar-refractivity contribution in [3.63, 3.8) is 0 Å². The lowest BCUT2D eigenvalue weighted by molar-refractivity contribution is -0.137. The number of carboxylic acid groups (broad SMARTS) is 1. The number of aromatic nitrogens is 4. The number of aliphatic carboxylic acids is 1. The molecule has 1 atom stereocenters. The van der Waals surface area contributed by atoms with E-state index in [2.05, 4.69) is 32.6 Å². The second kappa shape index (κ2) is 12.5. The number of thiazole rings is 1. The number of nitrogens with one attached hydrogen (secondary N) is 1. The van der Waals surface area contributed by atoms with Crippen LogP contribution in [0.5, 0.6) is 0 Å². The molecule has 1 unspecified atom stereocenters. The van der Waals surface area contributed by atoms with Gasteiger partial charge >= 0.3 is 5.97 Å². The van der Waals surface area contributed by atoms with Crippen LogP contribution in [-0.4, -0.2) is 37.7 Å². The summed E-state index contributed by atoms with van der Waals surface area (Å²) in [7, 11) is 0. The molecule has 37 heavy (non-hydrogen) atoms. The summed E-state index contributed by atoms with van der Waals surface area (Å²) in [6.45, 7) is 0.974. The fourth-order valence-corrected chi connectivity index (χ4v) is 5.45.